The lowest BCUT2D eigenvalue weighted by molar-refractivity contribution is -0.115. The van der Waals surface area contributed by atoms with E-state index in [1.54, 1.807) is 48.0 Å². The first-order valence-electron chi connectivity index (χ1n) is 11.1. The molecule has 0 bridgehead atoms. The van der Waals surface area contributed by atoms with Crippen molar-refractivity contribution in [1.82, 2.24) is 9.97 Å². The number of nitrogens with zero attached hydrogens (tertiary/aromatic N) is 2. The third-order valence-corrected chi connectivity index (χ3v) is 6.07. The Morgan fingerprint density at radius 1 is 0.941 bits per heavy atom. The standard InChI is InChI=1S/C27H25N3O3S/c1-2-3-16-33-27(32)22-8-10-23(11-9-22)29-25(31)17-19-4-6-20(7-5-19)24-18-34-26(30-24)21-12-14-28-15-13-21/h4-15,18H,2-3,16-17H2,1H3,(H,29,31). The number of carbonyl (C=O) groups excluding carboxylic acids is 2. The van der Waals surface area contributed by atoms with Crippen LogP contribution in [0.1, 0.15) is 35.7 Å². The van der Waals surface area contributed by atoms with Gasteiger partial charge in [-0.25, -0.2) is 9.78 Å². The van der Waals surface area contributed by atoms with Gasteiger partial charge < -0.3 is 10.1 Å². The summed E-state index contributed by atoms with van der Waals surface area (Å²) in [7, 11) is 0. The minimum absolute atomic E-state index is 0.125. The predicted octanol–water partition coefficient (Wildman–Crippen LogP) is 6.01. The summed E-state index contributed by atoms with van der Waals surface area (Å²) in [6.45, 7) is 2.46. The maximum atomic E-state index is 12.5. The first-order valence-corrected chi connectivity index (χ1v) is 12.0. The van der Waals surface area contributed by atoms with Gasteiger partial charge >= 0.3 is 5.97 Å². The minimum atomic E-state index is -0.348. The molecule has 1 amide bonds. The van der Waals surface area contributed by atoms with Gasteiger partial charge in [0.15, 0.2) is 0 Å². The highest BCUT2D eigenvalue weighted by Crippen LogP contribution is 2.28. The van der Waals surface area contributed by atoms with Gasteiger partial charge in [0.25, 0.3) is 0 Å². The van der Waals surface area contributed by atoms with E-state index in [-0.39, 0.29) is 18.3 Å². The predicted molar refractivity (Wildman–Crippen MR) is 135 cm³/mol. The van der Waals surface area contributed by atoms with Crippen molar-refractivity contribution >= 4 is 28.9 Å². The van der Waals surface area contributed by atoms with Crippen LogP contribution in [0, 0.1) is 0 Å². The molecule has 4 aromatic rings. The summed E-state index contributed by atoms with van der Waals surface area (Å²) in [4.78, 5) is 33.2. The summed E-state index contributed by atoms with van der Waals surface area (Å²) in [6.07, 6.45) is 5.58. The van der Waals surface area contributed by atoms with Gasteiger partial charge in [-0.1, -0.05) is 37.6 Å². The van der Waals surface area contributed by atoms with Gasteiger partial charge in [0.2, 0.25) is 5.91 Å². The molecule has 7 heteroatoms. The maximum absolute atomic E-state index is 12.5. The van der Waals surface area contributed by atoms with E-state index in [0.717, 1.165) is 40.2 Å². The molecule has 0 unspecified atom stereocenters. The van der Waals surface area contributed by atoms with E-state index in [4.69, 9.17) is 9.72 Å². The summed E-state index contributed by atoms with van der Waals surface area (Å²) >= 11 is 1.59. The van der Waals surface area contributed by atoms with Crippen molar-refractivity contribution in [3.05, 3.63) is 89.6 Å². The summed E-state index contributed by atoms with van der Waals surface area (Å²) in [5.74, 6) is -0.473. The number of anilines is 1. The van der Waals surface area contributed by atoms with Crippen LogP contribution in [0.15, 0.2) is 78.4 Å². The van der Waals surface area contributed by atoms with E-state index in [1.165, 1.54) is 0 Å². The molecule has 2 aromatic carbocycles. The van der Waals surface area contributed by atoms with E-state index < -0.39 is 0 Å². The quantitative estimate of drug-likeness (QED) is 0.239. The number of hydrogen-bond donors (Lipinski definition) is 1. The van der Waals surface area contributed by atoms with Crippen LogP contribution in [0.4, 0.5) is 5.69 Å². The number of thiazole rings is 1. The number of carbonyl (C=O) groups is 2. The second kappa shape index (κ2) is 11.3. The normalized spacial score (nSPS) is 10.6. The Balaban J connectivity index is 1.32. The molecule has 0 aliphatic carbocycles. The van der Waals surface area contributed by atoms with E-state index in [0.29, 0.717) is 17.9 Å². The second-order valence-electron chi connectivity index (χ2n) is 7.76. The number of rotatable bonds is 9. The molecule has 0 saturated heterocycles. The largest absolute Gasteiger partial charge is 0.462 e. The molecule has 2 aromatic heterocycles. The zero-order valence-electron chi connectivity index (χ0n) is 18.9. The number of hydrogen-bond acceptors (Lipinski definition) is 6. The number of unbranched alkanes of at least 4 members (excludes halogenated alkanes) is 1. The molecular weight excluding hydrogens is 446 g/mol. The minimum Gasteiger partial charge on any atom is -0.462 e. The van der Waals surface area contributed by atoms with Crippen LogP contribution in [-0.2, 0) is 16.0 Å². The van der Waals surface area contributed by atoms with Crippen molar-refractivity contribution < 1.29 is 14.3 Å². The van der Waals surface area contributed by atoms with Crippen molar-refractivity contribution in [1.29, 1.82) is 0 Å². The molecule has 0 aliphatic rings. The van der Waals surface area contributed by atoms with Crippen molar-refractivity contribution in [3.8, 4) is 21.8 Å². The Labute approximate surface area is 202 Å². The Morgan fingerprint density at radius 2 is 1.68 bits per heavy atom. The van der Waals surface area contributed by atoms with Crippen LogP contribution in [0.5, 0.6) is 0 Å². The van der Waals surface area contributed by atoms with Crippen LogP contribution in [0.2, 0.25) is 0 Å². The lowest BCUT2D eigenvalue weighted by Gasteiger charge is -2.08. The third kappa shape index (κ3) is 6.14. The zero-order valence-corrected chi connectivity index (χ0v) is 19.7. The number of nitrogens with one attached hydrogen (secondary N) is 1. The number of benzene rings is 2. The third-order valence-electron chi connectivity index (χ3n) is 5.18. The molecule has 0 atom stereocenters. The lowest BCUT2D eigenvalue weighted by Crippen LogP contribution is -2.14. The van der Waals surface area contributed by atoms with Gasteiger partial charge in [0.1, 0.15) is 5.01 Å². The van der Waals surface area contributed by atoms with Gasteiger partial charge in [0.05, 0.1) is 24.3 Å². The summed E-state index contributed by atoms with van der Waals surface area (Å²) in [6, 6.07) is 18.5. The molecule has 6 nitrogen and oxygen atoms in total. The average molecular weight is 472 g/mol. The van der Waals surface area contributed by atoms with Crippen molar-refractivity contribution in [2.75, 3.05) is 11.9 Å². The monoisotopic (exact) mass is 471 g/mol. The SMILES string of the molecule is CCCCOC(=O)c1ccc(NC(=O)Cc2ccc(-c3csc(-c4ccncc4)n3)cc2)cc1. The average Bonchev–Trinajstić information content (AvgIpc) is 3.36. The van der Waals surface area contributed by atoms with Crippen LogP contribution in [0.3, 0.4) is 0 Å². The number of amides is 1. The molecule has 0 spiro atoms. The number of aromatic nitrogens is 2. The van der Waals surface area contributed by atoms with Gasteiger partial charge in [-0.2, -0.15) is 0 Å². The fraction of sp³-hybridized carbons (Fsp3) is 0.185. The number of esters is 1. The smallest absolute Gasteiger partial charge is 0.338 e. The lowest BCUT2D eigenvalue weighted by atomic mass is 10.1. The van der Waals surface area contributed by atoms with Crippen LogP contribution in [0.25, 0.3) is 21.8 Å². The molecule has 1 N–H and O–H groups in total. The zero-order chi connectivity index (χ0) is 23.8. The highest BCUT2D eigenvalue weighted by atomic mass is 32.1. The maximum Gasteiger partial charge on any atom is 0.338 e. The van der Waals surface area contributed by atoms with Crippen molar-refractivity contribution in [2.45, 2.75) is 26.2 Å². The van der Waals surface area contributed by atoms with Gasteiger partial charge in [-0.3, -0.25) is 9.78 Å². The summed E-state index contributed by atoms with van der Waals surface area (Å²) in [5.41, 5.74) is 4.96. The topological polar surface area (TPSA) is 81.2 Å². The fourth-order valence-corrected chi connectivity index (χ4v) is 4.13. The van der Waals surface area contributed by atoms with Crippen LogP contribution < -0.4 is 5.32 Å². The molecular formula is C27H25N3O3S. The Hall–Kier alpha value is -3.84. The van der Waals surface area contributed by atoms with Gasteiger partial charge in [-0.15, -0.1) is 11.3 Å². The molecule has 4 rings (SSSR count). The number of ether oxygens (including phenoxy) is 1. The van der Waals surface area contributed by atoms with E-state index in [9.17, 15) is 9.59 Å². The molecule has 34 heavy (non-hydrogen) atoms. The highest BCUT2D eigenvalue weighted by Gasteiger charge is 2.10. The van der Waals surface area contributed by atoms with E-state index in [2.05, 4.69) is 10.3 Å². The van der Waals surface area contributed by atoms with E-state index >= 15 is 0 Å². The second-order valence-corrected chi connectivity index (χ2v) is 8.62. The molecule has 0 radical (unpaired) electrons. The Morgan fingerprint density at radius 3 is 2.38 bits per heavy atom. The molecule has 0 aliphatic heterocycles. The molecule has 0 fully saturated rings. The first-order chi connectivity index (χ1) is 16.6. The molecule has 172 valence electrons. The fourth-order valence-electron chi connectivity index (χ4n) is 3.30. The first kappa shape index (κ1) is 23.3. The van der Waals surface area contributed by atoms with Gasteiger partial charge in [0, 0.05) is 34.6 Å². The highest BCUT2D eigenvalue weighted by molar-refractivity contribution is 7.13. The van der Waals surface area contributed by atoms with Gasteiger partial charge in [-0.05, 0) is 48.4 Å². The molecule has 0 saturated carbocycles. The number of pyridine rings is 1. The summed E-state index contributed by atoms with van der Waals surface area (Å²) < 4.78 is 5.20. The van der Waals surface area contributed by atoms with Crippen LogP contribution >= 0.6 is 11.3 Å². The van der Waals surface area contributed by atoms with Crippen molar-refractivity contribution in [3.63, 3.8) is 0 Å². The van der Waals surface area contributed by atoms with Crippen molar-refractivity contribution in [2.24, 2.45) is 0 Å². The van der Waals surface area contributed by atoms with Crippen LogP contribution in [-0.4, -0.2) is 28.5 Å². The Bertz CT molecular complexity index is 1240. The Kier molecular flexibility index (Phi) is 7.78. The summed E-state index contributed by atoms with van der Waals surface area (Å²) in [5, 5.41) is 5.84. The van der Waals surface area contributed by atoms with E-state index in [1.807, 2.05) is 48.7 Å². The molecule has 2 heterocycles.